The first-order valence-electron chi connectivity index (χ1n) is 5.81. The number of hydrogen-bond donors (Lipinski definition) is 0. The van der Waals surface area contributed by atoms with Gasteiger partial charge in [-0.1, -0.05) is 12.1 Å². The van der Waals surface area contributed by atoms with E-state index in [0.29, 0.717) is 25.9 Å². The molecular formula is C15H7IN2O2. The van der Waals surface area contributed by atoms with Gasteiger partial charge in [0, 0.05) is 3.57 Å². The molecule has 4 nitrogen and oxygen atoms in total. The third kappa shape index (κ3) is 1.80. The molecule has 0 saturated heterocycles. The molecule has 20 heavy (non-hydrogen) atoms. The average Bonchev–Trinajstić information content (AvgIpc) is 2.72. The Morgan fingerprint density at radius 2 is 1.60 bits per heavy atom. The molecule has 0 saturated carbocycles. The predicted octanol–water partition coefficient (Wildman–Crippen LogP) is 2.96. The van der Waals surface area contributed by atoms with Crippen LogP contribution >= 0.6 is 22.6 Å². The topological polar surface area (TPSA) is 61.2 Å². The monoisotopic (exact) mass is 374 g/mol. The Labute approximate surface area is 128 Å². The molecule has 0 unspecified atom stereocenters. The van der Waals surface area contributed by atoms with Gasteiger partial charge in [-0.25, -0.2) is 4.90 Å². The van der Waals surface area contributed by atoms with E-state index >= 15 is 0 Å². The van der Waals surface area contributed by atoms with Gasteiger partial charge in [0.15, 0.2) is 0 Å². The minimum absolute atomic E-state index is 0.326. The van der Waals surface area contributed by atoms with E-state index in [1.807, 2.05) is 28.7 Å². The SMILES string of the molecule is N#Cc1ccc(N2C(=O)c3ccccc3C2=O)c(I)c1. The van der Waals surface area contributed by atoms with Gasteiger partial charge in [-0.3, -0.25) is 9.59 Å². The number of carbonyl (C=O) groups is 2. The van der Waals surface area contributed by atoms with Crippen molar-refractivity contribution in [3.63, 3.8) is 0 Å². The first-order chi connectivity index (χ1) is 9.63. The van der Waals surface area contributed by atoms with Gasteiger partial charge in [-0.2, -0.15) is 5.26 Å². The highest BCUT2D eigenvalue weighted by atomic mass is 127. The molecule has 0 aromatic heterocycles. The van der Waals surface area contributed by atoms with E-state index < -0.39 is 0 Å². The van der Waals surface area contributed by atoms with E-state index in [1.54, 1.807) is 42.5 Å². The molecule has 0 fully saturated rings. The van der Waals surface area contributed by atoms with Crippen molar-refractivity contribution in [1.82, 2.24) is 0 Å². The Hall–Kier alpha value is -2.20. The van der Waals surface area contributed by atoms with Gasteiger partial charge in [0.2, 0.25) is 0 Å². The number of halogens is 1. The first-order valence-corrected chi connectivity index (χ1v) is 6.89. The van der Waals surface area contributed by atoms with Crippen molar-refractivity contribution in [2.75, 3.05) is 4.90 Å². The van der Waals surface area contributed by atoms with Crippen LogP contribution in [0.25, 0.3) is 0 Å². The van der Waals surface area contributed by atoms with Crippen molar-refractivity contribution in [3.05, 3.63) is 62.7 Å². The quantitative estimate of drug-likeness (QED) is 0.570. The van der Waals surface area contributed by atoms with Crippen LogP contribution in [0.15, 0.2) is 42.5 Å². The lowest BCUT2D eigenvalue weighted by Crippen LogP contribution is -2.30. The molecule has 2 aromatic rings. The van der Waals surface area contributed by atoms with Crippen LogP contribution in [0.4, 0.5) is 5.69 Å². The van der Waals surface area contributed by atoms with Crippen molar-refractivity contribution < 1.29 is 9.59 Å². The normalized spacial score (nSPS) is 13.3. The highest BCUT2D eigenvalue weighted by Crippen LogP contribution is 2.31. The number of amides is 2. The van der Waals surface area contributed by atoms with E-state index in [-0.39, 0.29) is 11.8 Å². The smallest absolute Gasteiger partial charge is 0.266 e. The zero-order chi connectivity index (χ0) is 14.3. The second-order valence-electron chi connectivity index (χ2n) is 4.27. The second-order valence-corrected chi connectivity index (χ2v) is 5.43. The fourth-order valence-electron chi connectivity index (χ4n) is 2.17. The minimum atomic E-state index is -0.326. The Morgan fingerprint density at radius 3 is 2.10 bits per heavy atom. The van der Waals surface area contributed by atoms with E-state index in [1.165, 1.54) is 0 Å². The van der Waals surface area contributed by atoms with Gasteiger partial charge in [-0.05, 0) is 52.9 Å². The van der Waals surface area contributed by atoms with E-state index in [9.17, 15) is 9.59 Å². The van der Waals surface area contributed by atoms with Crippen molar-refractivity contribution in [1.29, 1.82) is 5.26 Å². The maximum absolute atomic E-state index is 12.4. The summed E-state index contributed by atoms with van der Waals surface area (Å²) in [5, 5.41) is 8.86. The Morgan fingerprint density at radius 1 is 1.00 bits per heavy atom. The Balaban J connectivity index is 2.12. The molecule has 1 aliphatic rings. The maximum atomic E-state index is 12.4. The number of nitriles is 1. The highest BCUT2D eigenvalue weighted by molar-refractivity contribution is 14.1. The number of carbonyl (C=O) groups excluding carboxylic acids is 2. The van der Waals surface area contributed by atoms with Crippen LogP contribution in [0.3, 0.4) is 0 Å². The molecule has 0 atom stereocenters. The van der Waals surface area contributed by atoms with Crippen LogP contribution in [0.2, 0.25) is 0 Å². The predicted molar refractivity (Wildman–Crippen MR) is 81.5 cm³/mol. The standard InChI is InChI=1S/C15H7IN2O2/c16-12-7-9(8-17)5-6-13(12)18-14(19)10-3-1-2-4-11(10)15(18)20/h1-7H. The Kier molecular flexibility index (Phi) is 3.03. The van der Waals surface area contributed by atoms with E-state index in [0.717, 1.165) is 4.90 Å². The van der Waals surface area contributed by atoms with Crippen LogP contribution < -0.4 is 4.90 Å². The molecule has 0 spiro atoms. The molecular weight excluding hydrogens is 367 g/mol. The molecule has 0 aliphatic carbocycles. The van der Waals surface area contributed by atoms with Crippen molar-refractivity contribution in [2.24, 2.45) is 0 Å². The number of benzene rings is 2. The number of imide groups is 1. The maximum Gasteiger partial charge on any atom is 0.266 e. The average molecular weight is 374 g/mol. The highest BCUT2D eigenvalue weighted by Gasteiger charge is 2.37. The third-order valence-corrected chi connectivity index (χ3v) is 3.98. The summed E-state index contributed by atoms with van der Waals surface area (Å²) in [6.07, 6.45) is 0. The van der Waals surface area contributed by atoms with E-state index in [2.05, 4.69) is 0 Å². The molecule has 1 aliphatic heterocycles. The number of rotatable bonds is 1. The zero-order valence-corrected chi connectivity index (χ0v) is 12.3. The molecule has 0 radical (unpaired) electrons. The van der Waals surface area contributed by atoms with Crippen LogP contribution in [0.5, 0.6) is 0 Å². The van der Waals surface area contributed by atoms with E-state index in [4.69, 9.17) is 5.26 Å². The summed E-state index contributed by atoms with van der Waals surface area (Å²) in [6.45, 7) is 0. The molecule has 3 rings (SSSR count). The fraction of sp³-hybridized carbons (Fsp3) is 0. The number of fused-ring (bicyclic) bond motifs is 1. The molecule has 1 heterocycles. The van der Waals surface area contributed by atoms with Gasteiger partial charge >= 0.3 is 0 Å². The van der Waals surface area contributed by atoms with Crippen LogP contribution in [-0.2, 0) is 0 Å². The van der Waals surface area contributed by atoms with Gasteiger partial charge < -0.3 is 0 Å². The van der Waals surface area contributed by atoms with Crippen LogP contribution in [-0.4, -0.2) is 11.8 Å². The summed E-state index contributed by atoms with van der Waals surface area (Å²) in [7, 11) is 0. The van der Waals surface area contributed by atoms with Gasteiger partial charge in [-0.15, -0.1) is 0 Å². The van der Waals surface area contributed by atoms with Crippen molar-refractivity contribution >= 4 is 40.1 Å². The number of hydrogen-bond acceptors (Lipinski definition) is 3. The molecule has 0 N–H and O–H groups in total. The third-order valence-electron chi connectivity index (χ3n) is 3.11. The zero-order valence-electron chi connectivity index (χ0n) is 10.1. The van der Waals surface area contributed by atoms with Crippen LogP contribution in [0.1, 0.15) is 26.3 Å². The largest absolute Gasteiger partial charge is 0.268 e. The molecule has 5 heteroatoms. The lowest BCUT2D eigenvalue weighted by atomic mass is 10.1. The van der Waals surface area contributed by atoms with Gasteiger partial charge in [0.25, 0.3) is 11.8 Å². The minimum Gasteiger partial charge on any atom is -0.268 e. The van der Waals surface area contributed by atoms with Crippen molar-refractivity contribution in [2.45, 2.75) is 0 Å². The summed E-state index contributed by atoms with van der Waals surface area (Å²) in [6, 6.07) is 13.7. The summed E-state index contributed by atoms with van der Waals surface area (Å²) < 4.78 is 0.691. The van der Waals surface area contributed by atoms with Crippen LogP contribution in [0, 0.1) is 14.9 Å². The van der Waals surface area contributed by atoms with Gasteiger partial charge in [0.1, 0.15) is 0 Å². The second kappa shape index (κ2) is 4.72. The summed E-state index contributed by atoms with van der Waals surface area (Å²) in [5.41, 5.74) is 1.83. The molecule has 2 aromatic carbocycles. The summed E-state index contributed by atoms with van der Waals surface area (Å²) in [4.78, 5) is 25.9. The Bertz CT molecular complexity index is 758. The molecule has 0 bridgehead atoms. The first kappa shape index (κ1) is 12.8. The molecule has 96 valence electrons. The lowest BCUT2D eigenvalue weighted by Gasteiger charge is -2.15. The molecule has 2 amide bonds. The van der Waals surface area contributed by atoms with Crippen molar-refractivity contribution in [3.8, 4) is 6.07 Å². The number of nitrogens with zero attached hydrogens (tertiary/aromatic N) is 2. The van der Waals surface area contributed by atoms with Gasteiger partial charge in [0.05, 0.1) is 28.4 Å². The summed E-state index contributed by atoms with van der Waals surface area (Å²) in [5.74, 6) is -0.651. The lowest BCUT2D eigenvalue weighted by molar-refractivity contribution is 0.0926. The summed E-state index contributed by atoms with van der Waals surface area (Å²) >= 11 is 2.02. The number of anilines is 1. The fourth-order valence-corrected chi connectivity index (χ4v) is 2.92.